The van der Waals surface area contributed by atoms with Crippen molar-refractivity contribution in [1.82, 2.24) is 9.55 Å². The monoisotopic (exact) mass is 344 g/mol. The van der Waals surface area contributed by atoms with Crippen molar-refractivity contribution < 1.29 is 4.57 Å². The second-order valence-corrected chi connectivity index (χ2v) is 7.59. The van der Waals surface area contributed by atoms with Gasteiger partial charge in [-0.05, 0) is 69.9 Å². The molecule has 3 heterocycles. The van der Waals surface area contributed by atoms with E-state index in [2.05, 4.69) is 88.2 Å². The van der Waals surface area contributed by atoms with E-state index in [0.717, 1.165) is 11.4 Å². The smallest absolute Gasteiger partial charge is 0.258 e. The van der Waals surface area contributed by atoms with Gasteiger partial charge in [-0.3, -0.25) is 4.98 Å². The second-order valence-electron chi connectivity index (χ2n) is 7.59. The van der Waals surface area contributed by atoms with Gasteiger partial charge in [0.15, 0.2) is 0 Å². The summed E-state index contributed by atoms with van der Waals surface area (Å²) in [7, 11) is 2.13. The van der Waals surface area contributed by atoms with Crippen molar-refractivity contribution in [3.05, 3.63) is 64.1 Å². The maximum atomic E-state index is 4.74. The highest BCUT2D eigenvalue weighted by Gasteiger charge is 2.25. The van der Waals surface area contributed by atoms with Gasteiger partial charge in [-0.15, -0.1) is 0 Å². The van der Waals surface area contributed by atoms with Crippen molar-refractivity contribution in [2.24, 2.45) is 7.05 Å². The molecule has 0 saturated heterocycles. The maximum absolute atomic E-state index is 4.74. The van der Waals surface area contributed by atoms with E-state index in [0.29, 0.717) is 0 Å². The van der Waals surface area contributed by atoms with Crippen molar-refractivity contribution in [2.45, 2.75) is 41.5 Å². The normalized spacial score (nSPS) is 11.7. The lowest BCUT2D eigenvalue weighted by molar-refractivity contribution is -0.665. The fourth-order valence-electron chi connectivity index (χ4n) is 4.06. The highest BCUT2D eigenvalue weighted by Crippen LogP contribution is 2.36. The molecule has 3 nitrogen and oxygen atoms in total. The van der Waals surface area contributed by atoms with Crippen LogP contribution >= 0.6 is 0 Å². The molecule has 0 radical (unpaired) electrons. The number of rotatable bonds is 1. The van der Waals surface area contributed by atoms with Gasteiger partial charge in [0.05, 0.1) is 18.6 Å². The van der Waals surface area contributed by atoms with E-state index in [1.807, 2.05) is 0 Å². The molecule has 1 aromatic carbocycles. The first kappa shape index (κ1) is 16.8. The molecule has 0 aliphatic carbocycles. The molecule has 0 aliphatic rings. The number of pyridine rings is 2. The van der Waals surface area contributed by atoms with E-state index >= 15 is 0 Å². The average molecular weight is 344 g/mol. The molecule has 0 aliphatic heterocycles. The van der Waals surface area contributed by atoms with E-state index < -0.39 is 0 Å². The Bertz CT molecular complexity index is 1200. The molecule has 132 valence electrons. The standard InChI is InChI=1S/C23H26N3/c1-13-8-9-19-22-18(6)24-16(4)11-20(22)26(23(19)17(13)5)21-10-14(2)15(3)12-25(21)7/h8-12H,1-7H3/q+1. The highest BCUT2D eigenvalue weighted by molar-refractivity contribution is 6.11. The van der Waals surface area contributed by atoms with Crippen molar-refractivity contribution in [1.29, 1.82) is 0 Å². The molecule has 0 unspecified atom stereocenters. The molecular weight excluding hydrogens is 318 g/mol. The Morgan fingerprint density at radius 3 is 2.35 bits per heavy atom. The minimum absolute atomic E-state index is 1.06. The van der Waals surface area contributed by atoms with Crippen LogP contribution in [0.15, 0.2) is 30.5 Å². The van der Waals surface area contributed by atoms with Crippen molar-refractivity contribution in [3.63, 3.8) is 0 Å². The van der Waals surface area contributed by atoms with Crippen LogP contribution in [0.5, 0.6) is 0 Å². The lowest BCUT2D eigenvalue weighted by Gasteiger charge is -2.09. The zero-order valence-corrected chi connectivity index (χ0v) is 16.7. The first-order chi connectivity index (χ1) is 12.3. The van der Waals surface area contributed by atoms with Gasteiger partial charge in [0.1, 0.15) is 11.0 Å². The fraction of sp³-hybridized carbons (Fsp3) is 0.304. The molecule has 0 saturated carbocycles. The summed E-state index contributed by atoms with van der Waals surface area (Å²) in [6.07, 6.45) is 2.22. The molecule has 0 N–H and O–H groups in total. The fourth-order valence-corrected chi connectivity index (χ4v) is 4.06. The van der Waals surface area contributed by atoms with Crippen LogP contribution in [0.2, 0.25) is 0 Å². The molecule has 4 aromatic rings. The van der Waals surface area contributed by atoms with Gasteiger partial charge in [-0.25, -0.2) is 4.57 Å². The Hall–Kier alpha value is -2.68. The molecule has 0 atom stereocenters. The van der Waals surface area contributed by atoms with E-state index in [4.69, 9.17) is 4.98 Å². The van der Waals surface area contributed by atoms with Crippen molar-refractivity contribution in [3.8, 4) is 5.82 Å². The minimum Gasteiger partial charge on any atom is -0.258 e. The van der Waals surface area contributed by atoms with Crippen LogP contribution in [0.25, 0.3) is 27.6 Å². The van der Waals surface area contributed by atoms with Crippen LogP contribution in [0, 0.1) is 41.5 Å². The van der Waals surface area contributed by atoms with E-state index in [1.54, 1.807) is 0 Å². The Morgan fingerprint density at radius 1 is 0.885 bits per heavy atom. The van der Waals surface area contributed by atoms with Crippen molar-refractivity contribution in [2.75, 3.05) is 0 Å². The third kappa shape index (κ3) is 2.27. The first-order valence-electron chi connectivity index (χ1n) is 9.15. The van der Waals surface area contributed by atoms with Gasteiger partial charge in [0, 0.05) is 28.9 Å². The van der Waals surface area contributed by atoms with Crippen LogP contribution in [0.1, 0.15) is 33.6 Å². The number of benzene rings is 1. The topological polar surface area (TPSA) is 21.7 Å². The van der Waals surface area contributed by atoms with Crippen LogP contribution in [-0.2, 0) is 7.05 Å². The summed E-state index contributed by atoms with van der Waals surface area (Å²) in [5.74, 6) is 1.19. The molecule has 0 amide bonds. The van der Waals surface area contributed by atoms with Gasteiger partial charge in [0.2, 0.25) is 0 Å². The van der Waals surface area contributed by atoms with Crippen LogP contribution < -0.4 is 4.57 Å². The maximum Gasteiger partial charge on any atom is 0.286 e. The number of hydrogen-bond acceptors (Lipinski definition) is 1. The summed E-state index contributed by atoms with van der Waals surface area (Å²) in [4.78, 5) is 4.74. The molecular formula is C23H26N3+. The lowest BCUT2D eigenvalue weighted by atomic mass is 10.0. The summed E-state index contributed by atoms with van der Waals surface area (Å²) in [5.41, 5.74) is 9.93. The number of nitrogens with zero attached hydrogens (tertiary/aromatic N) is 3. The van der Waals surface area contributed by atoms with Crippen LogP contribution in [0.4, 0.5) is 0 Å². The Balaban J connectivity index is 2.30. The Morgan fingerprint density at radius 2 is 1.62 bits per heavy atom. The summed E-state index contributed by atoms with van der Waals surface area (Å²) >= 11 is 0. The SMILES string of the molecule is Cc1cc2c(c(C)n1)c1ccc(C)c(C)c1n2-c1cc(C)c(C)c[n+]1C. The third-order valence-electron chi connectivity index (χ3n) is 5.69. The second kappa shape index (κ2) is 5.66. The highest BCUT2D eigenvalue weighted by atomic mass is 15.1. The molecule has 26 heavy (non-hydrogen) atoms. The molecule has 0 spiro atoms. The number of aryl methyl sites for hydroxylation is 7. The third-order valence-corrected chi connectivity index (χ3v) is 5.69. The van der Waals surface area contributed by atoms with Gasteiger partial charge in [0.25, 0.3) is 5.82 Å². The molecule has 3 aromatic heterocycles. The van der Waals surface area contributed by atoms with Crippen LogP contribution in [0.3, 0.4) is 0 Å². The van der Waals surface area contributed by atoms with Crippen molar-refractivity contribution >= 4 is 21.8 Å². The van der Waals surface area contributed by atoms with E-state index in [-0.39, 0.29) is 0 Å². The zero-order valence-electron chi connectivity index (χ0n) is 16.7. The number of aromatic nitrogens is 3. The summed E-state index contributed by atoms with van der Waals surface area (Å²) < 4.78 is 4.65. The van der Waals surface area contributed by atoms with E-state index in [1.165, 1.54) is 49.9 Å². The molecule has 3 heteroatoms. The summed E-state index contributed by atoms with van der Waals surface area (Å²) in [5, 5.41) is 2.54. The van der Waals surface area contributed by atoms with E-state index in [9.17, 15) is 0 Å². The predicted octanol–water partition coefficient (Wildman–Crippen LogP) is 4.85. The zero-order chi connectivity index (χ0) is 18.7. The van der Waals surface area contributed by atoms with Gasteiger partial charge in [-0.2, -0.15) is 4.57 Å². The number of fused-ring (bicyclic) bond motifs is 3. The van der Waals surface area contributed by atoms with Gasteiger partial charge in [-0.1, -0.05) is 6.07 Å². The lowest BCUT2D eigenvalue weighted by Crippen LogP contribution is -2.34. The predicted molar refractivity (Wildman–Crippen MR) is 108 cm³/mol. The first-order valence-corrected chi connectivity index (χ1v) is 9.15. The summed E-state index contributed by atoms with van der Waals surface area (Å²) in [6.45, 7) is 13.0. The quantitative estimate of drug-likeness (QED) is 0.452. The number of hydrogen-bond donors (Lipinski definition) is 0. The average Bonchev–Trinajstić information content (AvgIpc) is 2.89. The van der Waals surface area contributed by atoms with Gasteiger partial charge < -0.3 is 0 Å². The van der Waals surface area contributed by atoms with Crippen LogP contribution in [-0.4, -0.2) is 9.55 Å². The largest absolute Gasteiger partial charge is 0.286 e. The van der Waals surface area contributed by atoms with Gasteiger partial charge >= 0.3 is 0 Å². The summed E-state index contributed by atoms with van der Waals surface area (Å²) in [6, 6.07) is 8.98. The molecule has 4 rings (SSSR count). The Kier molecular flexibility index (Phi) is 3.65. The molecule has 0 bridgehead atoms. The Labute approximate surface area is 154 Å². The molecule has 0 fully saturated rings. The minimum atomic E-state index is 1.06.